The summed E-state index contributed by atoms with van der Waals surface area (Å²) < 4.78 is 0. The second-order valence-electron chi connectivity index (χ2n) is 5.83. The van der Waals surface area contributed by atoms with Crippen molar-refractivity contribution in [1.82, 2.24) is 9.97 Å². The van der Waals surface area contributed by atoms with Crippen LogP contribution in [0.2, 0.25) is 0 Å². The van der Waals surface area contributed by atoms with E-state index in [4.69, 9.17) is 4.98 Å². The molecule has 3 heteroatoms. The first-order chi connectivity index (χ1) is 12.3. The van der Waals surface area contributed by atoms with Crippen molar-refractivity contribution < 1.29 is 0 Å². The highest BCUT2D eigenvalue weighted by Crippen LogP contribution is 2.21. The van der Waals surface area contributed by atoms with Crippen LogP contribution in [0.3, 0.4) is 0 Å². The van der Waals surface area contributed by atoms with Gasteiger partial charge in [0.1, 0.15) is 0 Å². The summed E-state index contributed by atoms with van der Waals surface area (Å²) >= 11 is 0. The maximum absolute atomic E-state index is 4.76. The van der Waals surface area contributed by atoms with Crippen molar-refractivity contribution in [1.29, 1.82) is 0 Å². The SMILES string of the molecule is CC.CC.CCCCC(CCCC)N(CCC)c1nccc(CC)n1. The van der Waals surface area contributed by atoms with Gasteiger partial charge >= 0.3 is 0 Å². The third kappa shape index (κ3) is 11.2. The van der Waals surface area contributed by atoms with Crippen molar-refractivity contribution >= 4 is 5.95 Å². The molecule has 0 unspecified atom stereocenters. The summed E-state index contributed by atoms with van der Waals surface area (Å²) in [5, 5.41) is 0. The zero-order chi connectivity index (χ0) is 19.5. The number of aromatic nitrogens is 2. The molecule has 0 aliphatic heterocycles. The fourth-order valence-corrected chi connectivity index (χ4v) is 2.74. The Balaban J connectivity index is 0. The molecular formula is C22H45N3. The number of nitrogens with zero attached hydrogens (tertiary/aromatic N) is 3. The molecule has 0 atom stereocenters. The standard InChI is InChI=1S/C18H33N3.2C2H6/c1-5-9-11-17(12-10-6-2)21(15-7-3)18-19-14-13-16(8-4)20-18;2*1-2/h13-14,17H,5-12,15H2,1-4H3;2*1-2H3. The van der Waals surface area contributed by atoms with Gasteiger partial charge in [-0.15, -0.1) is 0 Å². The molecule has 25 heavy (non-hydrogen) atoms. The van der Waals surface area contributed by atoms with Crippen molar-refractivity contribution in [3.05, 3.63) is 18.0 Å². The van der Waals surface area contributed by atoms with Crippen LogP contribution in [0.4, 0.5) is 5.95 Å². The molecule has 1 aromatic heterocycles. The van der Waals surface area contributed by atoms with Crippen LogP contribution in [-0.4, -0.2) is 22.6 Å². The van der Waals surface area contributed by atoms with Crippen LogP contribution < -0.4 is 4.90 Å². The molecule has 1 rings (SSSR count). The number of hydrogen-bond donors (Lipinski definition) is 0. The molecule has 3 nitrogen and oxygen atoms in total. The summed E-state index contributed by atoms with van der Waals surface area (Å²) in [6.45, 7) is 18.0. The second-order valence-corrected chi connectivity index (χ2v) is 5.83. The Morgan fingerprint density at radius 3 is 1.88 bits per heavy atom. The van der Waals surface area contributed by atoms with Crippen LogP contribution in [0.5, 0.6) is 0 Å². The lowest BCUT2D eigenvalue weighted by Gasteiger charge is -2.32. The highest BCUT2D eigenvalue weighted by Gasteiger charge is 2.19. The Bertz CT molecular complexity index is 371. The lowest BCUT2D eigenvalue weighted by Crippen LogP contribution is -2.37. The van der Waals surface area contributed by atoms with E-state index in [9.17, 15) is 0 Å². The molecule has 0 saturated carbocycles. The quantitative estimate of drug-likeness (QED) is 0.427. The van der Waals surface area contributed by atoms with E-state index in [0.29, 0.717) is 6.04 Å². The molecule has 0 amide bonds. The third-order valence-electron chi connectivity index (χ3n) is 4.01. The van der Waals surface area contributed by atoms with Gasteiger partial charge in [-0.3, -0.25) is 0 Å². The Kier molecular flexibility index (Phi) is 20.1. The van der Waals surface area contributed by atoms with E-state index in [1.807, 2.05) is 40.0 Å². The Hall–Kier alpha value is -1.12. The summed E-state index contributed by atoms with van der Waals surface area (Å²) in [6, 6.07) is 2.62. The van der Waals surface area contributed by atoms with Gasteiger partial charge in [-0.05, 0) is 31.7 Å². The maximum atomic E-state index is 4.76. The minimum Gasteiger partial charge on any atom is -0.338 e. The molecule has 0 bridgehead atoms. The largest absolute Gasteiger partial charge is 0.338 e. The van der Waals surface area contributed by atoms with Crippen molar-refractivity contribution in [2.45, 2.75) is 113 Å². The highest BCUT2D eigenvalue weighted by atomic mass is 15.3. The molecule has 0 radical (unpaired) electrons. The molecule has 0 N–H and O–H groups in total. The van der Waals surface area contributed by atoms with E-state index in [2.05, 4.69) is 37.6 Å². The topological polar surface area (TPSA) is 29.0 Å². The van der Waals surface area contributed by atoms with Crippen LogP contribution >= 0.6 is 0 Å². The predicted octanol–water partition coefficient (Wildman–Crippen LogP) is 7.06. The summed E-state index contributed by atoms with van der Waals surface area (Å²) in [6.07, 6.45) is 11.7. The molecular weight excluding hydrogens is 306 g/mol. The van der Waals surface area contributed by atoms with Crippen molar-refractivity contribution in [2.75, 3.05) is 11.4 Å². The zero-order valence-corrected chi connectivity index (χ0v) is 18.4. The molecule has 0 saturated heterocycles. The van der Waals surface area contributed by atoms with Crippen LogP contribution in [0.25, 0.3) is 0 Å². The summed E-state index contributed by atoms with van der Waals surface area (Å²) in [4.78, 5) is 11.8. The Morgan fingerprint density at radius 1 is 0.880 bits per heavy atom. The minimum absolute atomic E-state index is 0.594. The van der Waals surface area contributed by atoms with Gasteiger partial charge in [-0.2, -0.15) is 0 Å². The van der Waals surface area contributed by atoms with Crippen LogP contribution in [-0.2, 0) is 6.42 Å². The normalized spacial score (nSPS) is 9.80. The molecule has 1 heterocycles. The average Bonchev–Trinajstić information content (AvgIpc) is 2.70. The smallest absolute Gasteiger partial charge is 0.225 e. The molecule has 1 aromatic rings. The van der Waals surface area contributed by atoms with Gasteiger partial charge < -0.3 is 4.90 Å². The molecule has 0 aliphatic carbocycles. The molecule has 0 fully saturated rings. The fourth-order valence-electron chi connectivity index (χ4n) is 2.74. The molecule has 148 valence electrons. The van der Waals surface area contributed by atoms with E-state index in [-0.39, 0.29) is 0 Å². The molecule has 0 aromatic carbocycles. The van der Waals surface area contributed by atoms with Gasteiger partial charge in [0.15, 0.2) is 0 Å². The van der Waals surface area contributed by atoms with E-state index in [1.165, 1.54) is 38.5 Å². The van der Waals surface area contributed by atoms with E-state index in [0.717, 1.165) is 31.0 Å². The van der Waals surface area contributed by atoms with Crippen molar-refractivity contribution in [2.24, 2.45) is 0 Å². The minimum atomic E-state index is 0.594. The number of anilines is 1. The summed E-state index contributed by atoms with van der Waals surface area (Å²) in [7, 11) is 0. The molecule has 0 spiro atoms. The monoisotopic (exact) mass is 351 g/mol. The predicted molar refractivity (Wildman–Crippen MR) is 115 cm³/mol. The van der Waals surface area contributed by atoms with Crippen LogP contribution in [0.1, 0.15) is 106 Å². The average molecular weight is 352 g/mol. The highest BCUT2D eigenvalue weighted by molar-refractivity contribution is 5.32. The molecule has 0 aliphatic rings. The van der Waals surface area contributed by atoms with E-state index < -0.39 is 0 Å². The summed E-state index contributed by atoms with van der Waals surface area (Å²) in [5.74, 6) is 0.938. The summed E-state index contributed by atoms with van der Waals surface area (Å²) in [5.41, 5.74) is 1.14. The van der Waals surface area contributed by atoms with E-state index >= 15 is 0 Å². The van der Waals surface area contributed by atoms with E-state index in [1.54, 1.807) is 0 Å². The van der Waals surface area contributed by atoms with Crippen molar-refractivity contribution in [3.63, 3.8) is 0 Å². The Morgan fingerprint density at radius 2 is 1.44 bits per heavy atom. The van der Waals surface area contributed by atoms with Crippen LogP contribution in [0.15, 0.2) is 12.3 Å². The first-order valence-corrected chi connectivity index (χ1v) is 10.8. The lowest BCUT2D eigenvalue weighted by molar-refractivity contribution is 0.471. The van der Waals surface area contributed by atoms with Gasteiger partial charge in [0, 0.05) is 24.5 Å². The van der Waals surface area contributed by atoms with Gasteiger partial charge in [0.2, 0.25) is 5.95 Å². The van der Waals surface area contributed by atoms with Gasteiger partial charge in [-0.1, -0.05) is 81.1 Å². The van der Waals surface area contributed by atoms with Gasteiger partial charge in [0.25, 0.3) is 0 Å². The third-order valence-corrected chi connectivity index (χ3v) is 4.01. The number of aryl methyl sites for hydroxylation is 1. The number of hydrogen-bond acceptors (Lipinski definition) is 3. The first kappa shape index (κ1) is 26.1. The van der Waals surface area contributed by atoms with Gasteiger partial charge in [0.05, 0.1) is 0 Å². The number of rotatable bonds is 11. The number of unbranched alkanes of at least 4 members (excludes halogenated alkanes) is 2. The first-order valence-electron chi connectivity index (χ1n) is 10.8. The lowest BCUT2D eigenvalue weighted by atomic mass is 10.0. The van der Waals surface area contributed by atoms with Gasteiger partial charge in [-0.25, -0.2) is 9.97 Å². The van der Waals surface area contributed by atoms with Crippen molar-refractivity contribution in [3.8, 4) is 0 Å². The second kappa shape index (κ2) is 19.2. The zero-order valence-electron chi connectivity index (χ0n) is 18.4. The Labute approximate surface area is 158 Å². The van der Waals surface area contributed by atoms with Crippen LogP contribution in [0, 0.1) is 0 Å². The fraction of sp³-hybridized carbons (Fsp3) is 0.818. The maximum Gasteiger partial charge on any atom is 0.225 e.